The van der Waals surface area contributed by atoms with Crippen molar-refractivity contribution in [2.75, 3.05) is 7.11 Å². The third-order valence-electron chi connectivity index (χ3n) is 3.07. The number of ether oxygens (including phenoxy) is 1. The van der Waals surface area contributed by atoms with Gasteiger partial charge in [0.25, 0.3) is 0 Å². The molecule has 2 rings (SSSR count). The quantitative estimate of drug-likeness (QED) is 0.869. The van der Waals surface area contributed by atoms with Crippen LogP contribution in [-0.4, -0.2) is 18.9 Å². The molecule has 0 saturated carbocycles. The Hall–Kier alpha value is -1.36. The van der Waals surface area contributed by atoms with E-state index in [2.05, 4.69) is 21.2 Å². The molecule has 1 heterocycles. The Labute approximate surface area is 114 Å². The van der Waals surface area contributed by atoms with Crippen LogP contribution in [0.2, 0.25) is 0 Å². The fraction of sp³-hybridized carbons (Fsp3) is 0.385. The van der Waals surface area contributed by atoms with Crippen molar-refractivity contribution in [3.8, 4) is 5.75 Å². The van der Waals surface area contributed by atoms with Crippen molar-refractivity contribution < 1.29 is 14.3 Å². The lowest BCUT2D eigenvalue weighted by molar-refractivity contribution is -0.136. The average Bonchev–Trinajstić information content (AvgIpc) is 2.35. The lowest BCUT2D eigenvalue weighted by Crippen LogP contribution is -2.41. The predicted molar refractivity (Wildman–Crippen MR) is 70.3 cm³/mol. The van der Waals surface area contributed by atoms with Gasteiger partial charge in [-0.15, -0.1) is 0 Å². The van der Waals surface area contributed by atoms with E-state index in [-0.39, 0.29) is 17.7 Å². The maximum atomic E-state index is 11.7. The Kier molecular flexibility index (Phi) is 4.01. The minimum absolute atomic E-state index is 0.147. The third-order valence-corrected chi connectivity index (χ3v) is 3.85. The molecular weight excluding hydrogens is 298 g/mol. The topological polar surface area (TPSA) is 55.4 Å². The summed E-state index contributed by atoms with van der Waals surface area (Å²) in [5.41, 5.74) is 1.02. The van der Waals surface area contributed by atoms with Gasteiger partial charge in [0.2, 0.25) is 11.8 Å². The third kappa shape index (κ3) is 2.90. The molecule has 0 radical (unpaired) electrons. The van der Waals surface area contributed by atoms with Crippen molar-refractivity contribution in [2.24, 2.45) is 5.92 Å². The summed E-state index contributed by atoms with van der Waals surface area (Å²) in [5.74, 6) is 0.258. The lowest BCUT2D eigenvalue weighted by atomic mass is 9.91. The first-order valence-electron chi connectivity index (χ1n) is 5.76. The van der Waals surface area contributed by atoms with Gasteiger partial charge >= 0.3 is 0 Å². The number of amides is 2. The molecular formula is C13H14BrNO3. The van der Waals surface area contributed by atoms with E-state index in [1.165, 1.54) is 0 Å². The molecule has 1 aliphatic heterocycles. The Balaban J connectivity index is 2.13. The number of carbonyl (C=O) groups excluding carboxylic acids is 2. The van der Waals surface area contributed by atoms with Crippen LogP contribution in [0.4, 0.5) is 0 Å². The molecule has 0 aromatic heterocycles. The molecule has 2 amide bonds. The van der Waals surface area contributed by atoms with Crippen LogP contribution in [0.25, 0.3) is 0 Å². The molecule has 1 unspecified atom stereocenters. The first kappa shape index (κ1) is 13.1. The molecule has 1 atom stereocenters. The number of carbonyl (C=O) groups is 2. The van der Waals surface area contributed by atoms with E-state index in [9.17, 15) is 9.59 Å². The Bertz CT molecular complexity index is 487. The van der Waals surface area contributed by atoms with Gasteiger partial charge in [-0.2, -0.15) is 0 Å². The van der Waals surface area contributed by atoms with Gasteiger partial charge < -0.3 is 4.74 Å². The Morgan fingerprint density at radius 3 is 2.89 bits per heavy atom. The van der Waals surface area contributed by atoms with Crippen LogP contribution in [0.5, 0.6) is 5.75 Å². The van der Waals surface area contributed by atoms with Crippen molar-refractivity contribution in [3.63, 3.8) is 0 Å². The van der Waals surface area contributed by atoms with Crippen molar-refractivity contribution in [1.82, 2.24) is 5.32 Å². The first-order valence-corrected chi connectivity index (χ1v) is 6.55. The number of methoxy groups -OCH3 is 1. The van der Waals surface area contributed by atoms with Crippen molar-refractivity contribution in [1.29, 1.82) is 0 Å². The lowest BCUT2D eigenvalue weighted by Gasteiger charge is -2.21. The van der Waals surface area contributed by atoms with E-state index < -0.39 is 0 Å². The number of piperidine rings is 1. The molecule has 0 spiro atoms. The minimum atomic E-state index is -0.180. The summed E-state index contributed by atoms with van der Waals surface area (Å²) in [7, 11) is 1.61. The van der Waals surface area contributed by atoms with E-state index in [0.717, 1.165) is 15.8 Å². The maximum absolute atomic E-state index is 11.7. The SMILES string of the molecule is COc1ccc(Br)c(CC2CCC(=O)NC2=O)c1. The van der Waals surface area contributed by atoms with Gasteiger partial charge in [0.05, 0.1) is 7.11 Å². The summed E-state index contributed by atoms with van der Waals surface area (Å²) in [6, 6.07) is 5.67. The van der Waals surface area contributed by atoms with Crippen LogP contribution in [0.1, 0.15) is 18.4 Å². The van der Waals surface area contributed by atoms with Crippen LogP contribution in [0.15, 0.2) is 22.7 Å². The van der Waals surface area contributed by atoms with Crippen LogP contribution in [-0.2, 0) is 16.0 Å². The molecule has 18 heavy (non-hydrogen) atoms. The Morgan fingerprint density at radius 1 is 1.44 bits per heavy atom. The smallest absolute Gasteiger partial charge is 0.230 e. The van der Waals surface area contributed by atoms with E-state index in [4.69, 9.17) is 4.74 Å². The molecule has 5 heteroatoms. The number of rotatable bonds is 3. The highest BCUT2D eigenvalue weighted by Gasteiger charge is 2.27. The zero-order valence-corrected chi connectivity index (χ0v) is 11.6. The van der Waals surface area contributed by atoms with Crippen LogP contribution in [0, 0.1) is 5.92 Å². The summed E-state index contributed by atoms with van der Waals surface area (Å²) in [6.45, 7) is 0. The van der Waals surface area contributed by atoms with Crippen LogP contribution in [0.3, 0.4) is 0 Å². The standard InChI is InChI=1S/C13H14BrNO3/c1-18-10-3-4-11(14)9(7-10)6-8-2-5-12(16)15-13(8)17/h3-4,7-8H,2,5-6H2,1H3,(H,15,16,17). The van der Waals surface area contributed by atoms with Crippen LogP contribution >= 0.6 is 15.9 Å². The first-order chi connectivity index (χ1) is 8.60. The second-order valence-electron chi connectivity index (χ2n) is 4.31. The van der Waals surface area contributed by atoms with Gasteiger partial charge in [-0.1, -0.05) is 15.9 Å². The number of imide groups is 1. The highest BCUT2D eigenvalue weighted by Crippen LogP contribution is 2.27. The largest absolute Gasteiger partial charge is 0.497 e. The summed E-state index contributed by atoms with van der Waals surface area (Å²) in [4.78, 5) is 22.8. The maximum Gasteiger partial charge on any atom is 0.230 e. The van der Waals surface area contributed by atoms with Gasteiger partial charge in [0, 0.05) is 16.8 Å². The number of halogens is 1. The fourth-order valence-electron chi connectivity index (χ4n) is 2.03. The molecule has 4 nitrogen and oxygen atoms in total. The highest BCUT2D eigenvalue weighted by molar-refractivity contribution is 9.10. The number of hydrogen-bond acceptors (Lipinski definition) is 3. The molecule has 1 fully saturated rings. The van der Waals surface area contributed by atoms with Gasteiger partial charge in [-0.3, -0.25) is 14.9 Å². The van der Waals surface area contributed by atoms with E-state index in [1.54, 1.807) is 7.11 Å². The van der Waals surface area contributed by atoms with Gasteiger partial charge in [-0.05, 0) is 36.6 Å². The zero-order valence-electron chi connectivity index (χ0n) is 10.0. The molecule has 96 valence electrons. The van der Waals surface area contributed by atoms with Crippen LogP contribution < -0.4 is 10.1 Å². The predicted octanol–water partition coefficient (Wildman–Crippen LogP) is 2.05. The second kappa shape index (κ2) is 5.52. The number of benzene rings is 1. The second-order valence-corrected chi connectivity index (χ2v) is 5.16. The summed E-state index contributed by atoms with van der Waals surface area (Å²) < 4.78 is 6.12. The fourth-order valence-corrected chi connectivity index (χ4v) is 2.44. The zero-order chi connectivity index (χ0) is 13.1. The molecule has 0 aliphatic carbocycles. The number of nitrogens with one attached hydrogen (secondary N) is 1. The summed E-state index contributed by atoms with van der Waals surface area (Å²) >= 11 is 3.46. The molecule has 0 bridgehead atoms. The number of hydrogen-bond donors (Lipinski definition) is 1. The average molecular weight is 312 g/mol. The molecule has 1 aromatic carbocycles. The monoisotopic (exact) mass is 311 g/mol. The highest BCUT2D eigenvalue weighted by atomic mass is 79.9. The van der Waals surface area contributed by atoms with E-state index in [0.29, 0.717) is 19.3 Å². The normalized spacial score (nSPS) is 19.6. The van der Waals surface area contributed by atoms with Crippen molar-refractivity contribution in [2.45, 2.75) is 19.3 Å². The molecule has 1 aromatic rings. The Morgan fingerprint density at radius 2 is 2.22 bits per heavy atom. The van der Waals surface area contributed by atoms with Gasteiger partial charge in [0.1, 0.15) is 5.75 Å². The van der Waals surface area contributed by atoms with Crippen molar-refractivity contribution in [3.05, 3.63) is 28.2 Å². The van der Waals surface area contributed by atoms with E-state index in [1.807, 2.05) is 18.2 Å². The van der Waals surface area contributed by atoms with E-state index >= 15 is 0 Å². The van der Waals surface area contributed by atoms with Gasteiger partial charge in [-0.25, -0.2) is 0 Å². The molecule has 1 N–H and O–H groups in total. The molecule has 1 saturated heterocycles. The summed E-state index contributed by atoms with van der Waals surface area (Å²) in [5, 5.41) is 2.37. The molecule has 1 aliphatic rings. The summed E-state index contributed by atoms with van der Waals surface area (Å²) in [6.07, 6.45) is 1.63. The van der Waals surface area contributed by atoms with Crippen molar-refractivity contribution >= 4 is 27.7 Å². The minimum Gasteiger partial charge on any atom is -0.497 e. The van der Waals surface area contributed by atoms with Gasteiger partial charge in [0.15, 0.2) is 0 Å².